The molecule has 0 aliphatic carbocycles. The monoisotopic (exact) mass is 254 g/mol. The summed E-state index contributed by atoms with van der Waals surface area (Å²) in [4.78, 5) is 23.9. The zero-order valence-electron chi connectivity index (χ0n) is 10.5. The first-order chi connectivity index (χ1) is 8.59. The minimum absolute atomic E-state index is 0.187. The highest BCUT2D eigenvalue weighted by atomic mass is 16.3. The Kier molecular flexibility index (Phi) is 5.56. The third-order valence-electron chi connectivity index (χ3n) is 2.10. The summed E-state index contributed by atoms with van der Waals surface area (Å²) in [7, 11) is 3.30. The Morgan fingerprint density at radius 1 is 1.22 bits per heavy atom. The van der Waals surface area contributed by atoms with Crippen molar-refractivity contribution in [2.75, 3.05) is 27.2 Å². The number of carbonyl (C=O) groups excluding carboxylic acids is 2. The number of hydrogen-bond donors (Lipinski definition) is 3. The van der Waals surface area contributed by atoms with E-state index in [0.717, 1.165) is 0 Å². The van der Waals surface area contributed by atoms with Crippen molar-refractivity contribution in [3.63, 3.8) is 0 Å². The Bertz CT molecular complexity index is 376. The lowest BCUT2D eigenvalue weighted by Crippen LogP contribution is -2.42. The SMILES string of the molecule is CN(C)C(=O)NCCNC(=O)NCc1ccco1. The van der Waals surface area contributed by atoms with Gasteiger partial charge in [-0.05, 0) is 12.1 Å². The predicted molar refractivity (Wildman–Crippen MR) is 66.0 cm³/mol. The van der Waals surface area contributed by atoms with Gasteiger partial charge in [-0.25, -0.2) is 9.59 Å². The molecular weight excluding hydrogens is 236 g/mol. The first-order valence-corrected chi connectivity index (χ1v) is 5.59. The highest BCUT2D eigenvalue weighted by molar-refractivity contribution is 5.74. The molecule has 3 N–H and O–H groups in total. The molecule has 0 aromatic carbocycles. The molecule has 0 atom stereocenters. The average Bonchev–Trinajstić information content (AvgIpc) is 2.84. The molecule has 18 heavy (non-hydrogen) atoms. The molecule has 0 spiro atoms. The highest BCUT2D eigenvalue weighted by Gasteiger charge is 2.03. The van der Waals surface area contributed by atoms with Gasteiger partial charge in [-0.3, -0.25) is 0 Å². The molecule has 0 bridgehead atoms. The van der Waals surface area contributed by atoms with Crippen LogP contribution < -0.4 is 16.0 Å². The first kappa shape index (κ1) is 13.9. The minimum atomic E-state index is -0.300. The van der Waals surface area contributed by atoms with Gasteiger partial charge in [0.25, 0.3) is 0 Å². The van der Waals surface area contributed by atoms with Crippen molar-refractivity contribution in [3.05, 3.63) is 24.2 Å². The van der Waals surface area contributed by atoms with Crippen molar-refractivity contribution in [1.82, 2.24) is 20.9 Å². The van der Waals surface area contributed by atoms with Crippen molar-refractivity contribution in [3.8, 4) is 0 Å². The highest BCUT2D eigenvalue weighted by Crippen LogP contribution is 1.97. The third-order valence-corrected chi connectivity index (χ3v) is 2.10. The van der Waals surface area contributed by atoms with Crippen molar-refractivity contribution < 1.29 is 14.0 Å². The second kappa shape index (κ2) is 7.21. The molecule has 1 aromatic rings. The molecular formula is C11H18N4O3. The summed E-state index contributed by atoms with van der Waals surface area (Å²) in [5.74, 6) is 0.686. The Morgan fingerprint density at radius 3 is 2.56 bits per heavy atom. The van der Waals surface area contributed by atoms with E-state index in [1.54, 1.807) is 32.5 Å². The predicted octanol–water partition coefficient (Wildman–Crippen LogP) is 0.350. The van der Waals surface area contributed by atoms with E-state index in [1.165, 1.54) is 4.90 Å². The fourth-order valence-corrected chi connectivity index (χ4v) is 1.15. The zero-order valence-corrected chi connectivity index (χ0v) is 10.5. The van der Waals surface area contributed by atoms with Gasteiger partial charge < -0.3 is 25.3 Å². The maximum absolute atomic E-state index is 11.3. The second-order valence-corrected chi connectivity index (χ2v) is 3.82. The third kappa shape index (κ3) is 5.24. The van der Waals surface area contributed by atoms with E-state index in [0.29, 0.717) is 25.4 Å². The number of nitrogens with zero attached hydrogens (tertiary/aromatic N) is 1. The molecule has 0 radical (unpaired) electrons. The maximum Gasteiger partial charge on any atom is 0.316 e. The quantitative estimate of drug-likeness (QED) is 0.663. The normalized spacial score (nSPS) is 9.67. The molecule has 7 nitrogen and oxygen atoms in total. The zero-order chi connectivity index (χ0) is 13.4. The van der Waals surface area contributed by atoms with Gasteiger partial charge in [-0.15, -0.1) is 0 Å². The lowest BCUT2D eigenvalue weighted by atomic mass is 10.4. The van der Waals surface area contributed by atoms with Crippen molar-refractivity contribution in [2.24, 2.45) is 0 Å². The van der Waals surface area contributed by atoms with E-state index in [4.69, 9.17) is 4.42 Å². The summed E-state index contributed by atoms with van der Waals surface area (Å²) in [5, 5.41) is 7.88. The minimum Gasteiger partial charge on any atom is -0.467 e. The Labute approximate surface area is 106 Å². The Hall–Kier alpha value is -2.18. The number of nitrogens with one attached hydrogen (secondary N) is 3. The van der Waals surface area contributed by atoms with Crippen LogP contribution in [0.3, 0.4) is 0 Å². The number of furan rings is 1. The van der Waals surface area contributed by atoms with Crippen LogP contribution >= 0.6 is 0 Å². The lowest BCUT2D eigenvalue weighted by molar-refractivity contribution is 0.217. The van der Waals surface area contributed by atoms with Crippen LogP contribution in [0.1, 0.15) is 5.76 Å². The summed E-state index contributed by atoms with van der Waals surface area (Å²) < 4.78 is 5.06. The number of amides is 4. The summed E-state index contributed by atoms with van der Waals surface area (Å²) >= 11 is 0. The van der Waals surface area contributed by atoms with E-state index in [-0.39, 0.29) is 12.1 Å². The van der Waals surface area contributed by atoms with E-state index in [1.807, 2.05) is 0 Å². The lowest BCUT2D eigenvalue weighted by Gasteiger charge is -2.12. The van der Waals surface area contributed by atoms with Crippen LogP contribution in [0.4, 0.5) is 9.59 Å². The van der Waals surface area contributed by atoms with Crippen molar-refractivity contribution in [2.45, 2.75) is 6.54 Å². The number of carbonyl (C=O) groups is 2. The van der Waals surface area contributed by atoms with Crippen LogP contribution in [-0.4, -0.2) is 44.1 Å². The first-order valence-electron chi connectivity index (χ1n) is 5.59. The standard InChI is InChI=1S/C11H18N4O3/c1-15(2)11(17)13-6-5-12-10(16)14-8-9-4-3-7-18-9/h3-4,7H,5-6,8H2,1-2H3,(H,13,17)(H2,12,14,16). The molecule has 0 unspecified atom stereocenters. The van der Waals surface area contributed by atoms with Crippen LogP contribution in [0, 0.1) is 0 Å². The molecule has 100 valence electrons. The number of hydrogen-bond acceptors (Lipinski definition) is 3. The summed E-state index contributed by atoms with van der Waals surface area (Å²) in [6.07, 6.45) is 1.55. The molecule has 0 aliphatic heterocycles. The molecule has 0 aliphatic rings. The van der Waals surface area contributed by atoms with Crippen LogP contribution in [-0.2, 0) is 6.54 Å². The van der Waals surface area contributed by atoms with Gasteiger partial charge in [0.05, 0.1) is 12.8 Å². The van der Waals surface area contributed by atoms with Crippen molar-refractivity contribution in [1.29, 1.82) is 0 Å². The van der Waals surface area contributed by atoms with E-state index in [2.05, 4.69) is 16.0 Å². The van der Waals surface area contributed by atoms with Gasteiger partial charge in [0.15, 0.2) is 0 Å². The van der Waals surface area contributed by atoms with Gasteiger partial charge >= 0.3 is 12.1 Å². The van der Waals surface area contributed by atoms with Gasteiger partial charge in [0.1, 0.15) is 5.76 Å². The van der Waals surface area contributed by atoms with E-state index in [9.17, 15) is 9.59 Å². The van der Waals surface area contributed by atoms with Gasteiger partial charge in [-0.1, -0.05) is 0 Å². The average molecular weight is 254 g/mol. The number of rotatable bonds is 5. The number of urea groups is 2. The second-order valence-electron chi connectivity index (χ2n) is 3.82. The molecule has 1 aromatic heterocycles. The van der Waals surface area contributed by atoms with Crippen LogP contribution in [0.25, 0.3) is 0 Å². The molecule has 1 heterocycles. The maximum atomic E-state index is 11.3. The summed E-state index contributed by atoms with van der Waals surface area (Å²) in [6.45, 7) is 1.08. The van der Waals surface area contributed by atoms with Gasteiger partial charge in [-0.2, -0.15) is 0 Å². The molecule has 0 saturated heterocycles. The van der Waals surface area contributed by atoms with Crippen molar-refractivity contribution >= 4 is 12.1 Å². The molecule has 0 fully saturated rings. The van der Waals surface area contributed by atoms with Crippen LogP contribution in [0.15, 0.2) is 22.8 Å². The van der Waals surface area contributed by atoms with E-state index >= 15 is 0 Å². The Morgan fingerprint density at radius 2 is 1.94 bits per heavy atom. The van der Waals surface area contributed by atoms with E-state index < -0.39 is 0 Å². The Balaban J connectivity index is 2.05. The smallest absolute Gasteiger partial charge is 0.316 e. The molecule has 4 amide bonds. The van der Waals surface area contributed by atoms with Gasteiger partial charge in [0, 0.05) is 27.2 Å². The van der Waals surface area contributed by atoms with Gasteiger partial charge in [0.2, 0.25) is 0 Å². The molecule has 1 rings (SSSR count). The topological polar surface area (TPSA) is 86.6 Å². The molecule has 0 saturated carbocycles. The van der Waals surface area contributed by atoms with Crippen LogP contribution in [0.5, 0.6) is 0 Å². The fraction of sp³-hybridized carbons (Fsp3) is 0.455. The fourth-order valence-electron chi connectivity index (χ4n) is 1.15. The largest absolute Gasteiger partial charge is 0.467 e. The summed E-state index contributed by atoms with van der Waals surface area (Å²) in [5.41, 5.74) is 0. The summed E-state index contributed by atoms with van der Waals surface area (Å²) in [6, 6.07) is 3.04. The molecule has 7 heteroatoms. The van der Waals surface area contributed by atoms with Crippen LogP contribution in [0.2, 0.25) is 0 Å².